The summed E-state index contributed by atoms with van der Waals surface area (Å²) in [7, 11) is 1.76. The molecular formula is C20H28N4O2S. The van der Waals surface area contributed by atoms with Crippen molar-refractivity contribution >= 4 is 28.2 Å². The Hall–Kier alpha value is -2.28. The molecule has 0 spiro atoms. The number of nitrogens with two attached hydrogens (primary N) is 1. The SMILES string of the molecule is CN(Cc1ccc(N2CCC[C@@H]2c2csc(N)n2)cc1)C(=O)OC(C)(C)C. The molecule has 3 rings (SSSR count). The molecule has 2 heterocycles. The summed E-state index contributed by atoms with van der Waals surface area (Å²) < 4.78 is 5.40. The molecule has 1 aromatic carbocycles. The zero-order valence-electron chi connectivity index (χ0n) is 16.4. The quantitative estimate of drug-likeness (QED) is 0.839. The second kappa shape index (κ2) is 7.76. The molecule has 1 fully saturated rings. The van der Waals surface area contributed by atoms with Gasteiger partial charge in [-0.2, -0.15) is 0 Å². The second-order valence-electron chi connectivity index (χ2n) is 7.96. The van der Waals surface area contributed by atoms with Crippen LogP contribution < -0.4 is 10.6 Å². The number of nitrogen functional groups attached to an aromatic ring is 1. The van der Waals surface area contributed by atoms with E-state index in [1.54, 1.807) is 11.9 Å². The molecule has 0 saturated carbocycles. The van der Waals surface area contributed by atoms with Gasteiger partial charge in [0.05, 0.1) is 11.7 Å². The first-order valence-electron chi connectivity index (χ1n) is 9.23. The third kappa shape index (κ3) is 4.91. The average Bonchev–Trinajstić information content (AvgIpc) is 3.22. The van der Waals surface area contributed by atoms with Gasteiger partial charge >= 0.3 is 6.09 Å². The lowest BCUT2D eigenvalue weighted by Crippen LogP contribution is -2.33. The van der Waals surface area contributed by atoms with Crippen molar-refractivity contribution in [2.24, 2.45) is 0 Å². The number of carbonyl (C=O) groups is 1. The van der Waals surface area contributed by atoms with Crippen molar-refractivity contribution in [3.8, 4) is 0 Å². The van der Waals surface area contributed by atoms with Gasteiger partial charge < -0.3 is 20.3 Å². The number of carbonyl (C=O) groups excluding carboxylic acids is 1. The first-order valence-corrected chi connectivity index (χ1v) is 10.1. The number of ether oxygens (including phenoxy) is 1. The van der Waals surface area contributed by atoms with E-state index in [0.29, 0.717) is 11.7 Å². The van der Waals surface area contributed by atoms with Crippen molar-refractivity contribution in [2.45, 2.75) is 51.8 Å². The molecule has 1 saturated heterocycles. The van der Waals surface area contributed by atoms with Crippen LogP contribution in [0, 0.1) is 0 Å². The Morgan fingerprint density at radius 2 is 2.07 bits per heavy atom. The van der Waals surface area contributed by atoms with Crippen LogP contribution in [0.4, 0.5) is 15.6 Å². The fraction of sp³-hybridized carbons (Fsp3) is 0.500. The van der Waals surface area contributed by atoms with Crippen molar-refractivity contribution < 1.29 is 9.53 Å². The maximum atomic E-state index is 12.1. The van der Waals surface area contributed by atoms with Gasteiger partial charge in [0.2, 0.25) is 0 Å². The fourth-order valence-electron chi connectivity index (χ4n) is 3.31. The lowest BCUT2D eigenvalue weighted by Gasteiger charge is -2.26. The molecule has 0 radical (unpaired) electrons. The maximum absolute atomic E-state index is 12.1. The lowest BCUT2D eigenvalue weighted by molar-refractivity contribution is 0.0285. The molecule has 146 valence electrons. The summed E-state index contributed by atoms with van der Waals surface area (Å²) in [5.41, 5.74) is 8.62. The van der Waals surface area contributed by atoms with Gasteiger partial charge in [0.15, 0.2) is 5.13 Å². The molecule has 2 aromatic rings. The summed E-state index contributed by atoms with van der Waals surface area (Å²) in [6, 6.07) is 8.66. The van der Waals surface area contributed by atoms with E-state index in [1.807, 2.05) is 20.8 Å². The molecule has 1 aromatic heterocycles. The van der Waals surface area contributed by atoms with E-state index in [1.165, 1.54) is 17.0 Å². The molecule has 27 heavy (non-hydrogen) atoms. The number of nitrogens with zero attached hydrogens (tertiary/aromatic N) is 3. The molecule has 6 nitrogen and oxygen atoms in total. The minimum atomic E-state index is -0.487. The first kappa shape index (κ1) is 19.5. The predicted molar refractivity (Wildman–Crippen MR) is 110 cm³/mol. The Morgan fingerprint density at radius 1 is 1.37 bits per heavy atom. The van der Waals surface area contributed by atoms with Crippen molar-refractivity contribution in [2.75, 3.05) is 24.2 Å². The number of amides is 1. The summed E-state index contributed by atoms with van der Waals surface area (Å²) in [5.74, 6) is 0. The molecule has 0 bridgehead atoms. The first-order chi connectivity index (χ1) is 12.7. The molecule has 1 aliphatic rings. The Morgan fingerprint density at radius 3 is 2.67 bits per heavy atom. The van der Waals surface area contributed by atoms with Crippen molar-refractivity contribution in [3.63, 3.8) is 0 Å². The van der Waals surface area contributed by atoms with Gasteiger partial charge in [-0.15, -0.1) is 11.3 Å². The Kier molecular flexibility index (Phi) is 5.60. The molecule has 0 aliphatic carbocycles. The van der Waals surface area contributed by atoms with E-state index in [0.717, 1.165) is 30.6 Å². The largest absolute Gasteiger partial charge is 0.444 e. The highest BCUT2D eigenvalue weighted by atomic mass is 32.1. The summed E-state index contributed by atoms with van der Waals surface area (Å²) in [4.78, 5) is 20.6. The minimum absolute atomic E-state index is 0.286. The number of hydrogen-bond acceptors (Lipinski definition) is 6. The topological polar surface area (TPSA) is 71.7 Å². The van der Waals surface area contributed by atoms with Crippen LogP contribution in [0.25, 0.3) is 0 Å². The van der Waals surface area contributed by atoms with Crippen LogP contribution in [-0.2, 0) is 11.3 Å². The molecule has 2 N–H and O–H groups in total. The molecule has 1 atom stereocenters. The summed E-state index contributed by atoms with van der Waals surface area (Å²) in [5, 5.41) is 2.68. The van der Waals surface area contributed by atoms with Gasteiger partial charge in [0.25, 0.3) is 0 Å². The third-order valence-electron chi connectivity index (χ3n) is 4.53. The molecule has 1 aliphatic heterocycles. The molecular weight excluding hydrogens is 360 g/mol. The Labute approximate surface area is 164 Å². The van der Waals surface area contributed by atoms with Crippen molar-refractivity contribution in [3.05, 3.63) is 40.9 Å². The number of rotatable bonds is 4. The van der Waals surface area contributed by atoms with Gasteiger partial charge in [0.1, 0.15) is 5.60 Å². The van der Waals surface area contributed by atoms with Crippen LogP contribution in [0.15, 0.2) is 29.6 Å². The van der Waals surface area contributed by atoms with Gasteiger partial charge in [0, 0.05) is 31.2 Å². The average molecular weight is 389 g/mol. The van der Waals surface area contributed by atoms with Crippen LogP contribution >= 0.6 is 11.3 Å². The Balaban J connectivity index is 1.65. The maximum Gasteiger partial charge on any atom is 0.410 e. The van der Waals surface area contributed by atoms with Gasteiger partial charge in [-0.25, -0.2) is 9.78 Å². The molecule has 0 unspecified atom stereocenters. The van der Waals surface area contributed by atoms with E-state index in [4.69, 9.17) is 10.5 Å². The zero-order chi connectivity index (χ0) is 19.6. The van der Waals surface area contributed by atoms with E-state index < -0.39 is 5.60 Å². The molecule has 1 amide bonds. The summed E-state index contributed by atoms with van der Waals surface area (Å²) in [6.45, 7) is 7.14. The van der Waals surface area contributed by atoms with Crippen LogP contribution in [0.5, 0.6) is 0 Å². The highest BCUT2D eigenvalue weighted by molar-refractivity contribution is 7.13. The van der Waals surface area contributed by atoms with Gasteiger partial charge in [-0.1, -0.05) is 12.1 Å². The Bertz CT molecular complexity index is 782. The van der Waals surface area contributed by atoms with E-state index in [-0.39, 0.29) is 12.1 Å². The highest BCUT2D eigenvalue weighted by Gasteiger charge is 2.28. The van der Waals surface area contributed by atoms with E-state index in [2.05, 4.69) is 39.5 Å². The van der Waals surface area contributed by atoms with Crippen LogP contribution in [0.2, 0.25) is 0 Å². The third-order valence-corrected chi connectivity index (χ3v) is 5.22. The van der Waals surface area contributed by atoms with Gasteiger partial charge in [-0.05, 0) is 51.3 Å². The summed E-state index contributed by atoms with van der Waals surface area (Å²) >= 11 is 1.49. The predicted octanol–water partition coefficient (Wildman–Crippen LogP) is 4.43. The second-order valence-corrected chi connectivity index (χ2v) is 8.85. The van der Waals surface area contributed by atoms with E-state index in [9.17, 15) is 4.79 Å². The highest BCUT2D eigenvalue weighted by Crippen LogP contribution is 2.36. The van der Waals surface area contributed by atoms with Crippen molar-refractivity contribution in [1.82, 2.24) is 9.88 Å². The number of thiazole rings is 1. The lowest BCUT2D eigenvalue weighted by atomic mass is 10.1. The normalized spacial score (nSPS) is 17.2. The van der Waals surface area contributed by atoms with Crippen molar-refractivity contribution in [1.29, 1.82) is 0 Å². The van der Waals surface area contributed by atoms with E-state index >= 15 is 0 Å². The zero-order valence-corrected chi connectivity index (χ0v) is 17.3. The number of aromatic nitrogens is 1. The summed E-state index contributed by atoms with van der Waals surface area (Å²) in [6.07, 6.45) is 1.92. The number of hydrogen-bond donors (Lipinski definition) is 1. The fourth-order valence-corrected chi connectivity index (χ4v) is 3.92. The number of anilines is 2. The monoisotopic (exact) mass is 388 g/mol. The van der Waals surface area contributed by atoms with Crippen LogP contribution in [0.3, 0.4) is 0 Å². The molecule has 7 heteroatoms. The van der Waals surface area contributed by atoms with Gasteiger partial charge in [-0.3, -0.25) is 0 Å². The number of benzene rings is 1. The van der Waals surface area contributed by atoms with Crippen LogP contribution in [-0.4, -0.2) is 35.2 Å². The van der Waals surface area contributed by atoms with Crippen LogP contribution in [0.1, 0.15) is 50.9 Å². The minimum Gasteiger partial charge on any atom is -0.444 e. The standard InChI is InChI=1S/C20H28N4O2S/c1-20(2,3)26-19(25)23(4)12-14-7-9-15(10-8-14)24-11-5-6-17(24)16-13-27-18(21)22-16/h7-10,13,17H,5-6,11-12H2,1-4H3,(H2,21,22)/t17-/m1/s1. The smallest absolute Gasteiger partial charge is 0.410 e.